The third-order valence-electron chi connectivity index (χ3n) is 4.83. The lowest BCUT2D eigenvalue weighted by Gasteiger charge is -2.18. The lowest BCUT2D eigenvalue weighted by Crippen LogP contribution is -2.26. The van der Waals surface area contributed by atoms with E-state index in [1.54, 1.807) is 32.3 Å². The van der Waals surface area contributed by atoms with Crippen molar-refractivity contribution in [1.82, 2.24) is 10.3 Å². The fourth-order valence-electron chi connectivity index (χ4n) is 3.25. The number of thiazole rings is 1. The zero-order valence-corrected chi connectivity index (χ0v) is 17.9. The van der Waals surface area contributed by atoms with Crippen molar-refractivity contribution >= 4 is 46.1 Å². The summed E-state index contributed by atoms with van der Waals surface area (Å²) >= 11 is 7.68. The number of nitrogens with two attached hydrogens (primary N) is 1. The molecule has 1 aliphatic rings. The first-order valence-corrected chi connectivity index (χ1v) is 10.4. The van der Waals surface area contributed by atoms with Crippen molar-refractivity contribution < 1.29 is 14.3 Å². The molecule has 0 atom stereocenters. The van der Waals surface area contributed by atoms with Crippen LogP contribution < -0.4 is 20.7 Å². The molecular formula is C21H19ClN4O3S. The molecule has 0 saturated carbocycles. The summed E-state index contributed by atoms with van der Waals surface area (Å²) in [6.45, 7) is 0.502. The Labute approximate surface area is 182 Å². The number of fused-ring (bicyclic) bond motifs is 3. The molecule has 9 heteroatoms. The zero-order chi connectivity index (χ0) is 21.4. The van der Waals surface area contributed by atoms with Gasteiger partial charge in [-0.15, -0.1) is 11.3 Å². The summed E-state index contributed by atoms with van der Waals surface area (Å²) < 4.78 is 5.78. The second kappa shape index (κ2) is 7.97. The van der Waals surface area contributed by atoms with Gasteiger partial charge in [0.2, 0.25) is 0 Å². The number of ether oxygens (including phenoxy) is 1. The van der Waals surface area contributed by atoms with E-state index in [1.807, 2.05) is 12.1 Å². The van der Waals surface area contributed by atoms with Crippen LogP contribution in [0.2, 0.25) is 5.02 Å². The number of hydrogen-bond acceptors (Lipinski definition) is 6. The first-order chi connectivity index (χ1) is 14.4. The average Bonchev–Trinajstić information content (AvgIpc) is 3.09. The molecule has 0 fully saturated rings. The number of nitrogens with one attached hydrogen (secondary N) is 1. The minimum Gasteiger partial charge on any atom is -0.493 e. The molecule has 2 amide bonds. The highest BCUT2D eigenvalue weighted by Gasteiger charge is 2.26. The van der Waals surface area contributed by atoms with E-state index in [9.17, 15) is 9.59 Å². The fraction of sp³-hybridized carbons (Fsp3) is 0.190. The Balaban J connectivity index is 1.67. The number of anilines is 2. The normalized spacial score (nSPS) is 12.2. The van der Waals surface area contributed by atoms with Crippen molar-refractivity contribution in [3.8, 4) is 17.0 Å². The minimum atomic E-state index is -0.283. The van der Waals surface area contributed by atoms with E-state index in [4.69, 9.17) is 22.1 Å². The maximum atomic E-state index is 13.1. The molecule has 0 aliphatic carbocycles. The Hall–Kier alpha value is -3.10. The molecule has 1 aliphatic heterocycles. The van der Waals surface area contributed by atoms with Gasteiger partial charge in [-0.25, -0.2) is 4.98 Å². The molecule has 2 aromatic carbocycles. The van der Waals surface area contributed by atoms with Crippen LogP contribution in [0.25, 0.3) is 11.3 Å². The lowest BCUT2D eigenvalue weighted by molar-refractivity contribution is 0.0962. The monoisotopic (exact) mass is 442 g/mol. The van der Waals surface area contributed by atoms with Gasteiger partial charge in [-0.1, -0.05) is 11.6 Å². The number of halogens is 1. The molecular weight excluding hydrogens is 424 g/mol. The number of nitrogen functional groups attached to an aromatic ring is 1. The quantitative estimate of drug-likeness (QED) is 0.604. The third-order valence-corrected chi connectivity index (χ3v) is 6.23. The van der Waals surface area contributed by atoms with Crippen molar-refractivity contribution in [2.24, 2.45) is 0 Å². The van der Waals surface area contributed by atoms with Crippen LogP contribution in [0.5, 0.6) is 5.75 Å². The van der Waals surface area contributed by atoms with Gasteiger partial charge in [-0.2, -0.15) is 0 Å². The molecule has 3 N–H and O–H groups in total. The Morgan fingerprint density at radius 1 is 1.27 bits per heavy atom. The minimum absolute atomic E-state index is 0.249. The molecule has 30 heavy (non-hydrogen) atoms. The van der Waals surface area contributed by atoms with Gasteiger partial charge < -0.3 is 20.7 Å². The molecule has 1 aromatic heterocycles. The highest BCUT2D eigenvalue weighted by Crippen LogP contribution is 2.39. The van der Waals surface area contributed by atoms with Crippen LogP contribution in [0.4, 0.5) is 11.4 Å². The molecule has 0 radical (unpaired) electrons. The Morgan fingerprint density at radius 2 is 2.07 bits per heavy atom. The predicted octanol–water partition coefficient (Wildman–Crippen LogP) is 3.62. The van der Waals surface area contributed by atoms with Gasteiger partial charge in [0.1, 0.15) is 5.75 Å². The van der Waals surface area contributed by atoms with Crippen LogP contribution in [0.1, 0.15) is 25.0 Å². The summed E-state index contributed by atoms with van der Waals surface area (Å²) in [6.07, 6.45) is 0.653. The first-order valence-electron chi connectivity index (χ1n) is 9.21. The predicted molar refractivity (Wildman–Crippen MR) is 119 cm³/mol. The van der Waals surface area contributed by atoms with Gasteiger partial charge in [0.25, 0.3) is 11.8 Å². The molecule has 7 nitrogen and oxygen atoms in total. The lowest BCUT2D eigenvalue weighted by atomic mass is 10.1. The van der Waals surface area contributed by atoms with Crippen LogP contribution >= 0.6 is 22.9 Å². The topological polar surface area (TPSA) is 97.5 Å². The summed E-state index contributed by atoms with van der Waals surface area (Å²) in [4.78, 5) is 31.9. The van der Waals surface area contributed by atoms with Gasteiger partial charge in [-0.05, 0) is 36.4 Å². The summed E-state index contributed by atoms with van der Waals surface area (Å²) in [5.74, 6) is 0.170. The van der Waals surface area contributed by atoms with Crippen molar-refractivity contribution in [3.05, 3.63) is 56.9 Å². The molecule has 0 spiro atoms. The average molecular weight is 443 g/mol. The highest BCUT2D eigenvalue weighted by atomic mass is 35.5. The molecule has 0 bridgehead atoms. The van der Waals surface area contributed by atoms with E-state index in [0.29, 0.717) is 45.7 Å². The zero-order valence-electron chi connectivity index (χ0n) is 16.4. The summed E-state index contributed by atoms with van der Waals surface area (Å²) in [5, 5.41) is 3.20. The van der Waals surface area contributed by atoms with Crippen molar-refractivity contribution in [2.75, 3.05) is 31.3 Å². The van der Waals surface area contributed by atoms with Gasteiger partial charge in [0.05, 0.1) is 23.0 Å². The Bertz CT molecular complexity index is 1160. The number of aromatic nitrogens is 1. The molecule has 4 rings (SSSR count). The number of carbonyl (C=O) groups is 2. The molecule has 3 aromatic rings. The third kappa shape index (κ3) is 3.59. The molecule has 2 heterocycles. The fourth-order valence-corrected chi connectivity index (χ4v) is 4.59. The molecule has 154 valence electrons. The van der Waals surface area contributed by atoms with Crippen LogP contribution in [-0.2, 0) is 6.42 Å². The van der Waals surface area contributed by atoms with E-state index >= 15 is 0 Å². The second-order valence-corrected chi connectivity index (χ2v) is 8.25. The SMILES string of the molecule is CNC(=O)c1ccc(N(C)C(=O)c2nc3c(s2)CCOc2ccc(N)cc2-3)c(Cl)c1. The number of carbonyl (C=O) groups excluding carboxylic acids is 2. The van der Waals surface area contributed by atoms with Crippen molar-refractivity contribution in [3.63, 3.8) is 0 Å². The largest absolute Gasteiger partial charge is 0.493 e. The maximum Gasteiger partial charge on any atom is 0.287 e. The molecule has 0 unspecified atom stereocenters. The van der Waals surface area contributed by atoms with Crippen molar-refractivity contribution in [1.29, 1.82) is 0 Å². The Morgan fingerprint density at radius 3 is 2.80 bits per heavy atom. The van der Waals surface area contributed by atoms with Crippen molar-refractivity contribution in [2.45, 2.75) is 6.42 Å². The first kappa shape index (κ1) is 20.2. The standard InChI is InChI=1S/C21H19ClN4O3S/c1-24-19(27)11-3-5-15(14(22)9-11)26(2)21(28)20-25-18-13-10-12(23)4-6-16(13)29-8-7-17(18)30-20/h3-6,9-10H,7-8,23H2,1-2H3,(H,24,27). The number of benzene rings is 2. The van der Waals surface area contributed by atoms with Gasteiger partial charge in [0.15, 0.2) is 5.01 Å². The van der Waals surface area contributed by atoms with Crippen LogP contribution in [-0.4, -0.2) is 37.5 Å². The molecule has 0 saturated heterocycles. The van der Waals surface area contributed by atoms with E-state index in [1.165, 1.54) is 22.3 Å². The Kier molecular flexibility index (Phi) is 5.36. The second-order valence-electron chi connectivity index (χ2n) is 6.75. The maximum absolute atomic E-state index is 13.1. The van der Waals surface area contributed by atoms with E-state index in [-0.39, 0.29) is 11.8 Å². The van der Waals surface area contributed by atoms with E-state index < -0.39 is 0 Å². The summed E-state index contributed by atoms with van der Waals surface area (Å²) in [7, 11) is 3.17. The van der Waals surface area contributed by atoms with Crippen LogP contribution in [0.3, 0.4) is 0 Å². The number of amides is 2. The van der Waals surface area contributed by atoms with Gasteiger partial charge in [0, 0.05) is 42.2 Å². The highest BCUT2D eigenvalue weighted by molar-refractivity contribution is 7.14. The van der Waals surface area contributed by atoms with Crippen LogP contribution in [0, 0.1) is 0 Å². The number of hydrogen-bond donors (Lipinski definition) is 2. The van der Waals surface area contributed by atoms with E-state index in [0.717, 1.165) is 16.1 Å². The summed E-state index contributed by atoms with van der Waals surface area (Å²) in [6, 6.07) is 10.2. The smallest absolute Gasteiger partial charge is 0.287 e. The van der Waals surface area contributed by atoms with Gasteiger partial charge >= 0.3 is 0 Å². The number of nitrogens with zero attached hydrogens (tertiary/aromatic N) is 2. The summed E-state index contributed by atoms with van der Waals surface area (Å²) in [5.41, 5.74) is 8.96. The van der Waals surface area contributed by atoms with E-state index in [2.05, 4.69) is 10.3 Å². The van der Waals surface area contributed by atoms with Gasteiger partial charge in [-0.3, -0.25) is 9.59 Å². The van der Waals surface area contributed by atoms with Crippen LogP contribution in [0.15, 0.2) is 36.4 Å². The number of rotatable bonds is 3.